The highest BCUT2D eigenvalue weighted by Crippen LogP contribution is 2.32. The Kier molecular flexibility index (Phi) is 5.49. The Labute approximate surface area is 184 Å². The first kappa shape index (κ1) is 20.6. The van der Waals surface area contributed by atoms with E-state index in [0.717, 1.165) is 5.56 Å². The summed E-state index contributed by atoms with van der Waals surface area (Å²) in [4.78, 5) is 28.1. The number of aryl methyl sites for hydroxylation is 2. The molecular weight excluding hydrogens is 440 g/mol. The number of aromatic amines is 1. The van der Waals surface area contributed by atoms with Crippen LogP contribution in [0.4, 0.5) is 17.1 Å². The number of hydrogen-bond acceptors (Lipinski definition) is 7. The zero-order chi connectivity index (χ0) is 22.1. The second kappa shape index (κ2) is 8.25. The van der Waals surface area contributed by atoms with Crippen LogP contribution in [-0.2, 0) is 0 Å². The third kappa shape index (κ3) is 4.03. The van der Waals surface area contributed by atoms with Crippen LogP contribution in [0.1, 0.15) is 11.3 Å². The quantitative estimate of drug-likeness (QED) is 0.230. The summed E-state index contributed by atoms with van der Waals surface area (Å²) < 4.78 is 1.28. The lowest BCUT2D eigenvalue weighted by molar-refractivity contribution is -0.384. The maximum Gasteiger partial charge on any atom is 0.301 e. The molecule has 4 aromatic rings. The molecule has 9 nitrogen and oxygen atoms in total. The van der Waals surface area contributed by atoms with Crippen molar-refractivity contribution in [1.82, 2.24) is 14.8 Å². The summed E-state index contributed by atoms with van der Waals surface area (Å²) in [6.45, 7) is 3.36. The normalized spacial score (nSPS) is 11.3. The van der Waals surface area contributed by atoms with Crippen LogP contribution in [0.15, 0.2) is 62.9 Å². The molecule has 0 fully saturated rings. The number of nitrogens with one attached hydrogen (secondary N) is 1. The molecular formula is C20H15ClN6O3S. The number of aromatic nitrogens is 3. The molecule has 4 rings (SSSR count). The number of nitro groups is 1. The van der Waals surface area contributed by atoms with Gasteiger partial charge in [0.15, 0.2) is 11.4 Å². The summed E-state index contributed by atoms with van der Waals surface area (Å²) in [5, 5.41) is 25.1. The molecule has 0 unspecified atom stereocenters. The van der Waals surface area contributed by atoms with Crippen LogP contribution >= 0.6 is 22.9 Å². The van der Waals surface area contributed by atoms with Gasteiger partial charge in [0.1, 0.15) is 0 Å². The predicted molar refractivity (Wildman–Crippen MR) is 119 cm³/mol. The number of rotatable bonds is 5. The average molecular weight is 455 g/mol. The van der Waals surface area contributed by atoms with Crippen molar-refractivity contribution >= 4 is 40.0 Å². The van der Waals surface area contributed by atoms with Gasteiger partial charge in [-0.3, -0.25) is 20.0 Å². The molecule has 156 valence electrons. The zero-order valence-corrected chi connectivity index (χ0v) is 17.9. The maximum absolute atomic E-state index is 12.9. The van der Waals surface area contributed by atoms with Gasteiger partial charge in [-0.05, 0) is 31.5 Å². The fourth-order valence-electron chi connectivity index (χ4n) is 2.93. The molecule has 0 amide bonds. The number of halogens is 1. The molecule has 0 aliphatic rings. The number of nitro benzene ring substituents is 1. The zero-order valence-electron chi connectivity index (χ0n) is 16.4. The lowest BCUT2D eigenvalue weighted by atomic mass is 10.2. The summed E-state index contributed by atoms with van der Waals surface area (Å²) in [6, 6.07) is 11.8. The van der Waals surface area contributed by atoms with Gasteiger partial charge < -0.3 is 0 Å². The molecule has 0 aliphatic carbocycles. The van der Waals surface area contributed by atoms with Crippen LogP contribution in [0.25, 0.3) is 16.4 Å². The van der Waals surface area contributed by atoms with Gasteiger partial charge >= 0.3 is 5.56 Å². The minimum Gasteiger partial charge on any atom is -0.291 e. The van der Waals surface area contributed by atoms with Gasteiger partial charge in [0.25, 0.3) is 5.69 Å². The van der Waals surface area contributed by atoms with E-state index in [-0.39, 0.29) is 17.1 Å². The smallest absolute Gasteiger partial charge is 0.291 e. The predicted octanol–water partition coefficient (Wildman–Crippen LogP) is 5.88. The van der Waals surface area contributed by atoms with E-state index < -0.39 is 10.5 Å². The summed E-state index contributed by atoms with van der Waals surface area (Å²) >= 11 is 7.21. The van der Waals surface area contributed by atoms with Crippen LogP contribution < -0.4 is 5.56 Å². The number of thiazole rings is 1. The summed E-state index contributed by atoms with van der Waals surface area (Å²) in [5.74, 6) is 0. The van der Waals surface area contributed by atoms with E-state index in [9.17, 15) is 14.9 Å². The lowest BCUT2D eigenvalue weighted by Crippen LogP contribution is -2.13. The Morgan fingerprint density at radius 3 is 2.55 bits per heavy atom. The Morgan fingerprint density at radius 1 is 1.13 bits per heavy atom. The van der Waals surface area contributed by atoms with Gasteiger partial charge in [0.05, 0.1) is 16.3 Å². The van der Waals surface area contributed by atoms with Crippen LogP contribution in [0, 0.1) is 24.0 Å². The summed E-state index contributed by atoms with van der Waals surface area (Å²) in [7, 11) is 0. The molecule has 1 N–H and O–H groups in total. The van der Waals surface area contributed by atoms with E-state index >= 15 is 0 Å². The Hall–Kier alpha value is -3.63. The monoisotopic (exact) mass is 454 g/mol. The van der Waals surface area contributed by atoms with Gasteiger partial charge in [0, 0.05) is 22.0 Å². The van der Waals surface area contributed by atoms with E-state index in [1.54, 1.807) is 38.1 Å². The number of benzene rings is 2. The largest absolute Gasteiger partial charge is 0.301 e. The number of H-pyrrole nitrogens is 1. The van der Waals surface area contributed by atoms with Gasteiger partial charge in [0.2, 0.25) is 5.13 Å². The minimum atomic E-state index is -0.530. The molecule has 0 bridgehead atoms. The van der Waals surface area contributed by atoms with Crippen molar-refractivity contribution < 1.29 is 4.92 Å². The molecule has 0 aliphatic heterocycles. The average Bonchev–Trinajstić information content (AvgIpc) is 3.32. The molecule has 0 saturated heterocycles. The molecule has 2 aromatic carbocycles. The van der Waals surface area contributed by atoms with E-state index in [2.05, 4.69) is 20.3 Å². The summed E-state index contributed by atoms with van der Waals surface area (Å²) in [5.41, 5.74) is 2.16. The Balaban J connectivity index is 1.70. The SMILES string of the molecule is Cc1cccc([N+](=O)[O-])c1N=Nc1c(C)[nH]n(-c2nc(-c3ccc(Cl)cc3)cs2)c1=O. The third-order valence-electron chi connectivity index (χ3n) is 4.53. The highest BCUT2D eigenvalue weighted by Gasteiger charge is 2.18. The van der Waals surface area contributed by atoms with E-state index in [1.807, 2.05) is 17.5 Å². The highest BCUT2D eigenvalue weighted by atomic mass is 35.5. The molecule has 11 heteroatoms. The first-order valence-electron chi connectivity index (χ1n) is 9.04. The van der Waals surface area contributed by atoms with Crippen LogP contribution in [-0.4, -0.2) is 19.7 Å². The van der Waals surface area contributed by atoms with Crippen molar-refractivity contribution in [2.75, 3.05) is 0 Å². The minimum absolute atomic E-state index is 0.0563. The molecule has 0 spiro atoms. The van der Waals surface area contributed by atoms with E-state index in [4.69, 9.17) is 11.6 Å². The van der Waals surface area contributed by atoms with Gasteiger partial charge in [-0.25, -0.2) is 4.98 Å². The number of hydrogen-bond donors (Lipinski definition) is 1. The fraction of sp³-hybridized carbons (Fsp3) is 0.100. The van der Waals surface area contributed by atoms with Crippen molar-refractivity contribution in [3.8, 4) is 16.4 Å². The van der Waals surface area contributed by atoms with Crippen LogP contribution in [0.2, 0.25) is 5.02 Å². The topological polar surface area (TPSA) is 119 Å². The van der Waals surface area contributed by atoms with Crippen molar-refractivity contribution in [3.05, 3.63) is 84.6 Å². The molecule has 2 heterocycles. The number of azo groups is 1. The summed E-state index contributed by atoms with van der Waals surface area (Å²) in [6.07, 6.45) is 0. The Morgan fingerprint density at radius 2 is 1.84 bits per heavy atom. The van der Waals surface area contributed by atoms with Crippen molar-refractivity contribution in [2.45, 2.75) is 13.8 Å². The van der Waals surface area contributed by atoms with Gasteiger partial charge in [-0.2, -0.15) is 4.68 Å². The maximum atomic E-state index is 12.9. The Bertz CT molecular complexity index is 1370. The van der Waals surface area contributed by atoms with Crippen LogP contribution in [0.5, 0.6) is 0 Å². The van der Waals surface area contributed by atoms with Crippen LogP contribution in [0.3, 0.4) is 0 Å². The third-order valence-corrected chi connectivity index (χ3v) is 5.60. The van der Waals surface area contributed by atoms with Crippen molar-refractivity contribution in [2.24, 2.45) is 10.2 Å². The second-order valence-corrected chi connectivity index (χ2v) is 7.92. The van der Waals surface area contributed by atoms with E-state index in [1.165, 1.54) is 22.1 Å². The standard InChI is InChI=1S/C20H15ClN6O3S/c1-11-4-3-5-16(27(29)30)17(11)23-24-18-12(2)25-26(19(18)28)20-22-15(10-31-20)13-6-8-14(21)9-7-13/h3-10,25H,1-2H3. The van der Waals surface area contributed by atoms with Crippen molar-refractivity contribution in [1.29, 1.82) is 0 Å². The van der Waals surface area contributed by atoms with Gasteiger partial charge in [-0.1, -0.05) is 35.9 Å². The molecule has 0 radical (unpaired) electrons. The van der Waals surface area contributed by atoms with E-state index in [0.29, 0.717) is 27.1 Å². The first-order chi connectivity index (χ1) is 14.8. The molecule has 31 heavy (non-hydrogen) atoms. The number of nitrogens with zero attached hydrogens (tertiary/aromatic N) is 5. The van der Waals surface area contributed by atoms with Crippen molar-refractivity contribution in [3.63, 3.8) is 0 Å². The molecule has 2 aromatic heterocycles. The highest BCUT2D eigenvalue weighted by molar-refractivity contribution is 7.12. The fourth-order valence-corrected chi connectivity index (χ4v) is 3.85. The molecule has 0 atom stereocenters. The van der Waals surface area contributed by atoms with Gasteiger partial charge in [-0.15, -0.1) is 21.6 Å². The first-order valence-corrected chi connectivity index (χ1v) is 10.3. The lowest BCUT2D eigenvalue weighted by Gasteiger charge is -1.99. The second-order valence-electron chi connectivity index (χ2n) is 6.65. The molecule has 0 saturated carbocycles.